The van der Waals surface area contributed by atoms with Gasteiger partial charge in [-0.3, -0.25) is 0 Å². The van der Waals surface area contributed by atoms with Gasteiger partial charge in [0.2, 0.25) is 17.2 Å². The molecular formula is C20H18O9. The van der Waals surface area contributed by atoms with Gasteiger partial charge >= 0.3 is 5.63 Å². The maximum absolute atomic E-state index is 11.6. The molecule has 0 radical (unpaired) electrons. The normalized spacial score (nSPS) is 17.9. The van der Waals surface area contributed by atoms with Crippen molar-refractivity contribution >= 4 is 11.0 Å². The Morgan fingerprint density at radius 2 is 1.69 bits per heavy atom. The topological polar surface area (TPSA) is 128 Å². The molecule has 0 saturated carbocycles. The second-order valence-corrected chi connectivity index (χ2v) is 6.38. The molecule has 152 valence electrons. The monoisotopic (exact) mass is 402 g/mol. The highest BCUT2D eigenvalue weighted by Gasteiger charge is 2.37. The lowest BCUT2D eigenvalue weighted by molar-refractivity contribution is -0.0136. The quantitative estimate of drug-likeness (QED) is 0.562. The standard InChI is InChI=1S/C20H18O9/c1-25-12-6-10(7-13(26-2)16(12)24)17-14(8-21)27-20-18-9(3-4-15(23)28-18)5-11(22)19(20)29-17/h3-7,14,17,21-22,24H,8H2,1-2H3/t14-,17+/m1/s1. The third-order valence-electron chi connectivity index (χ3n) is 4.66. The molecule has 2 heterocycles. The number of hydrogen-bond acceptors (Lipinski definition) is 9. The summed E-state index contributed by atoms with van der Waals surface area (Å²) in [6.45, 7) is -0.441. The van der Waals surface area contributed by atoms with Crippen molar-refractivity contribution in [2.45, 2.75) is 12.2 Å². The first-order valence-corrected chi connectivity index (χ1v) is 8.65. The molecule has 2 atom stereocenters. The summed E-state index contributed by atoms with van der Waals surface area (Å²) in [4.78, 5) is 11.6. The number of hydrogen-bond donors (Lipinski definition) is 3. The van der Waals surface area contributed by atoms with Crippen molar-refractivity contribution in [2.24, 2.45) is 0 Å². The molecule has 0 unspecified atom stereocenters. The molecule has 0 aliphatic carbocycles. The molecule has 0 saturated heterocycles. The Kier molecular flexibility index (Phi) is 4.59. The van der Waals surface area contributed by atoms with E-state index in [1.54, 1.807) is 0 Å². The Morgan fingerprint density at radius 1 is 1.00 bits per heavy atom. The predicted octanol–water partition coefficient (Wildman–Crippen LogP) is 2.09. The lowest BCUT2D eigenvalue weighted by Crippen LogP contribution is -2.36. The van der Waals surface area contributed by atoms with Crippen LogP contribution < -0.4 is 24.6 Å². The van der Waals surface area contributed by atoms with E-state index in [4.69, 9.17) is 23.4 Å². The van der Waals surface area contributed by atoms with E-state index in [-0.39, 0.29) is 40.1 Å². The first kappa shape index (κ1) is 18.8. The lowest BCUT2D eigenvalue weighted by Gasteiger charge is -2.34. The van der Waals surface area contributed by atoms with Gasteiger partial charge in [-0.15, -0.1) is 0 Å². The van der Waals surface area contributed by atoms with Crippen LogP contribution in [0.4, 0.5) is 0 Å². The predicted molar refractivity (Wildman–Crippen MR) is 100 cm³/mol. The molecule has 9 nitrogen and oxygen atoms in total. The Morgan fingerprint density at radius 3 is 2.31 bits per heavy atom. The van der Waals surface area contributed by atoms with Gasteiger partial charge in [0.1, 0.15) is 0 Å². The molecular weight excluding hydrogens is 384 g/mol. The van der Waals surface area contributed by atoms with Gasteiger partial charge in [-0.1, -0.05) is 0 Å². The van der Waals surface area contributed by atoms with Crippen molar-refractivity contribution in [3.8, 4) is 34.5 Å². The van der Waals surface area contributed by atoms with Crippen molar-refractivity contribution < 1.29 is 38.7 Å². The molecule has 0 amide bonds. The van der Waals surface area contributed by atoms with Crippen LogP contribution in [-0.2, 0) is 0 Å². The molecule has 3 N–H and O–H groups in total. The molecule has 9 heteroatoms. The molecule has 0 bridgehead atoms. The fraction of sp³-hybridized carbons (Fsp3) is 0.250. The van der Waals surface area contributed by atoms with E-state index in [1.165, 1.54) is 44.6 Å². The molecule has 2 aromatic carbocycles. The van der Waals surface area contributed by atoms with E-state index in [0.717, 1.165) is 0 Å². The number of phenols is 2. The zero-order chi connectivity index (χ0) is 20.7. The molecule has 4 rings (SSSR count). The summed E-state index contributed by atoms with van der Waals surface area (Å²) in [7, 11) is 2.77. The number of aromatic hydroxyl groups is 2. The molecule has 1 aliphatic rings. The Hall–Kier alpha value is -3.59. The van der Waals surface area contributed by atoms with E-state index >= 15 is 0 Å². The minimum Gasteiger partial charge on any atom is -0.504 e. The average molecular weight is 402 g/mol. The van der Waals surface area contributed by atoms with Crippen LogP contribution in [0.2, 0.25) is 0 Å². The van der Waals surface area contributed by atoms with Crippen molar-refractivity contribution in [1.29, 1.82) is 0 Å². The Balaban J connectivity index is 1.87. The van der Waals surface area contributed by atoms with Gasteiger partial charge in [-0.2, -0.15) is 0 Å². The number of aliphatic hydroxyl groups excluding tert-OH is 1. The van der Waals surface area contributed by atoms with Crippen LogP contribution in [0.25, 0.3) is 11.0 Å². The minimum absolute atomic E-state index is 0.0192. The van der Waals surface area contributed by atoms with Crippen molar-refractivity contribution in [3.05, 3.63) is 46.3 Å². The zero-order valence-electron chi connectivity index (χ0n) is 15.5. The Bertz CT molecular complexity index is 1110. The fourth-order valence-electron chi connectivity index (χ4n) is 3.28. The number of ether oxygens (including phenoxy) is 4. The third kappa shape index (κ3) is 3.05. The van der Waals surface area contributed by atoms with Crippen molar-refractivity contribution in [2.75, 3.05) is 20.8 Å². The summed E-state index contributed by atoms with van der Waals surface area (Å²) in [5.41, 5.74) is -0.0250. The van der Waals surface area contributed by atoms with Crippen LogP contribution in [0.1, 0.15) is 11.7 Å². The van der Waals surface area contributed by atoms with E-state index in [2.05, 4.69) is 0 Å². The van der Waals surface area contributed by atoms with Gasteiger partial charge in [0.05, 0.1) is 20.8 Å². The SMILES string of the molecule is COc1cc([C@@H]2Oc3c(O)cc4ccc(=O)oc4c3O[C@@H]2CO)cc(OC)c1O. The van der Waals surface area contributed by atoms with Gasteiger partial charge in [0, 0.05) is 17.0 Å². The maximum Gasteiger partial charge on any atom is 0.336 e. The number of phenolic OH excluding ortho intramolecular Hbond substituents is 2. The molecule has 29 heavy (non-hydrogen) atoms. The van der Waals surface area contributed by atoms with Gasteiger partial charge in [0.25, 0.3) is 0 Å². The smallest absolute Gasteiger partial charge is 0.336 e. The van der Waals surface area contributed by atoms with Crippen LogP contribution in [-0.4, -0.2) is 42.3 Å². The van der Waals surface area contributed by atoms with Crippen molar-refractivity contribution in [1.82, 2.24) is 0 Å². The number of fused-ring (bicyclic) bond motifs is 3. The first-order chi connectivity index (χ1) is 14.0. The highest BCUT2D eigenvalue weighted by atomic mass is 16.6. The van der Waals surface area contributed by atoms with Gasteiger partial charge in [-0.05, 0) is 24.3 Å². The van der Waals surface area contributed by atoms with E-state index in [9.17, 15) is 20.1 Å². The van der Waals surface area contributed by atoms with Gasteiger partial charge in [0.15, 0.2) is 35.0 Å². The molecule has 0 spiro atoms. The Labute approximate surface area is 164 Å². The molecule has 1 aromatic heterocycles. The van der Waals surface area contributed by atoms with Crippen molar-refractivity contribution in [3.63, 3.8) is 0 Å². The second kappa shape index (κ2) is 7.10. The summed E-state index contributed by atoms with van der Waals surface area (Å²) >= 11 is 0. The number of aliphatic hydroxyl groups is 1. The maximum atomic E-state index is 11.6. The van der Waals surface area contributed by atoms with Crippen LogP contribution in [0.5, 0.6) is 34.5 Å². The fourth-order valence-corrected chi connectivity index (χ4v) is 3.28. The first-order valence-electron chi connectivity index (χ1n) is 8.65. The zero-order valence-corrected chi connectivity index (χ0v) is 15.5. The van der Waals surface area contributed by atoms with Crippen LogP contribution >= 0.6 is 0 Å². The summed E-state index contributed by atoms with van der Waals surface area (Å²) in [6.07, 6.45) is -1.79. The van der Waals surface area contributed by atoms with Gasteiger partial charge < -0.3 is 38.7 Å². The van der Waals surface area contributed by atoms with Crippen LogP contribution in [0.15, 0.2) is 39.5 Å². The van der Waals surface area contributed by atoms with E-state index in [0.29, 0.717) is 10.9 Å². The van der Waals surface area contributed by atoms with Crippen LogP contribution in [0.3, 0.4) is 0 Å². The van der Waals surface area contributed by atoms with Gasteiger partial charge in [-0.25, -0.2) is 4.79 Å². The summed E-state index contributed by atoms with van der Waals surface area (Å²) < 4.78 is 27.4. The summed E-state index contributed by atoms with van der Waals surface area (Å²) in [5.74, 6) is -0.149. The molecule has 1 aliphatic heterocycles. The molecule has 3 aromatic rings. The molecule has 0 fully saturated rings. The third-order valence-corrected chi connectivity index (χ3v) is 4.66. The largest absolute Gasteiger partial charge is 0.504 e. The minimum atomic E-state index is -0.906. The second-order valence-electron chi connectivity index (χ2n) is 6.38. The highest BCUT2D eigenvalue weighted by molar-refractivity contribution is 5.88. The summed E-state index contributed by atoms with van der Waals surface area (Å²) in [5, 5.41) is 30.9. The average Bonchev–Trinajstić information content (AvgIpc) is 2.73. The summed E-state index contributed by atoms with van der Waals surface area (Å²) in [6, 6.07) is 7.11. The number of methoxy groups -OCH3 is 2. The van der Waals surface area contributed by atoms with Crippen LogP contribution in [0, 0.1) is 0 Å². The van der Waals surface area contributed by atoms with E-state index < -0.39 is 24.4 Å². The number of benzene rings is 2. The van der Waals surface area contributed by atoms with E-state index in [1.807, 2.05) is 0 Å². The highest BCUT2D eigenvalue weighted by Crippen LogP contribution is 2.50. The number of rotatable bonds is 4. The lowest BCUT2D eigenvalue weighted by atomic mass is 10.0.